The molecule has 1 heterocycles. The molecular formula is C24H32N2O4S. The number of carboxylic acid groups (broad SMARTS) is 1. The van der Waals surface area contributed by atoms with Gasteiger partial charge in [0.1, 0.15) is 5.00 Å². The average Bonchev–Trinajstić information content (AvgIpc) is 3.47. The summed E-state index contributed by atoms with van der Waals surface area (Å²) in [5, 5.41) is 16.4. The highest BCUT2D eigenvalue weighted by Gasteiger charge is 2.39. The van der Waals surface area contributed by atoms with Crippen LogP contribution >= 0.6 is 11.3 Å². The third-order valence-electron chi connectivity index (χ3n) is 7.24. The van der Waals surface area contributed by atoms with Crippen molar-refractivity contribution < 1.29 is 19.5 Å². The van der Waals surface area contributed by atoms with Crippen molar-refractivity contribution in [1.29, 1.82) is 0 Å². The lowest BCUT2D eigenvalue weighted by Gasteiger charge is -2.29. The Balaban J connectivity index is 1.62. The van der Waals surface area contributed by atoms with Gasteiger partial charge in [-0.1, -0.05) is 24.5 Å². The van der Waals surface area contributed by atoms with Gasteiger partial charge in [-0.2, -0.15) is 0 Å². The number of nitrogens with one attached hydrogen (secondary N) is 2. The molecule has 1 fully saturated rings. The first-order valence-electron chi connectivity index (χ1n) is 11.4. The number of anilines is 1. The van der Waals surface area contributed by atoms with Crippen LogP contribution in [0.4, 0.5) is 5.00 Å². The minimum absolute atomic E-state index is 0.101. The van der Waals surface area contributed by atoms with Crippen LogP contribution in [0.25, 0.3) is 0 Å². The van der Waals surface area contributed by atoms with E-state index in [9.17, 15) is 19.5 Å². The third-order valence-corrected chi connectivity index (χ3v) is 8.41. The lowest BCUT2D eigenvalue weighted by atomic mass is 9.76. The van der Waals surface area contributed by atoms with Gasteiger partial charge in [0.25, 0.3) is 5.91 Å². The molecule has 0 saturated heterocycles. The number of amides is 2. The maximum Gasteiger partial charge on any atom is 0.307 e. The number of allylic oxidation sites excluding steroid dienone is 2. The van der Waals surface area contributed by atoms with Crippen LogP contribution in [0.15, 0.2) is 11.1 Å². The smallest absolute Gasteiger partial charge is 0.307 e. The molecule has 0 aliphatic heterocycles. The maximum atomic E-state index is 13.3. The van der Waals surface area contributed by atoms with Gasteiger partial charge < -0.3 is 15.7 Å². The van der Waals surface area contributed by atoms with Gasteiger partial charge in [0.15, 0.2) is 0 Å². The summed E-state index contributed by atoms with van der Waals surface area (Å²) < 4.78 is 0. The van der Waals surface area contributed by atoms with Crippen LogP contribution in [0.5, 0.6) is 0 Å². The molecule has 7 heteroatoms. The molecule has 3 aliphatic rings. The summed E-state index contributed by atoms with van der Waals surface area (Å²) in [5.74, 6) is -2.06. The van der Waals surface area contributed by atoms with Gasteiger partial charge >= 0.3 is 5.97 Å². The normalized spacial score (nSPS) is 25.7. The zero-order chi connectivity index (χ0) is 22.3. The zero-order valence-corrected chi connectivity index (χ0v) is 19.4. The fourth-order valence-corrected chi connectivity index (χ4v) is 6.21. The molecular weight excluding hydrogens is 412 g/mol. The van der Waals surface area contributed by atoms with Crippen LogP contribution in [-0.2, 0) is 22.4 Å². The fourth-order valence-electron chi connectivity index (χ4n) is 4.85. The van der Waals surface area contributed by atoms with Crippen molar-refractivity contribution in [2.75, 3.05) is 5.32 Å². The summed E-state index contributed by atoms with van der Waals surface area (Å²) >= 11 is 1.51. The zero-order valence-electron chi connectivity index (χ0n) is 18.5. The van der Waals surface area contributed by atoms with Gasteiger partial charge in [-0.15, -0.1) is 11.3 Å². The van der Waals surface area contributed by atoms with Gasteiger partial charge in [0.05, 0.1) is 17.4 Å². The molecule has 1 aromatic rings. The molecule has 0 aromatic carbocycles. The van der Waals surface area contributed by atoms with E-state index in [1.54, 1.807) is 0 Å². The number of hydrogen-bond donors (Lipinski definition) is 3. The van der Waals surface area contributed by atoms with E-state index >= 15 is 0 Å². The summed E-state index contributed by atoms with van der Waals surface area (Å²) in [4.78, 5) is 39.4. The predicted molar refractivity (Wildman–Crippen MR) is 121 cm³/mol. The number of rotatable bonds is 6. The Morgan fingerprint density at radius 3 is 2.32 bits per heavy atom. The van der Waals surface area contributed by atoms with Gasteiger partial charge in [0, 0.05) is 10.9 Å². The first-order valence-corrected chi connectivity index (χ1v) is 12.2. The van der Waals surface area contributed by atoms with Crippen molar-refractivity contribution in [2.45, 2.75) is 78.2 Å². The molecule has 168 valence electrons. The van der Waals surface area contributed by atoms with Crippen molar-refractivity contribution in [2.24, 2.45) is 17.8 Å². The highest BCUT2D eigenvalue weighted by Crippen LogP contribution is 2.42. The molecule has 1 saturated carbocycles. The molecule has 0 radical (unpaired) electrons. The minimum Gasteiger partial charge on any atom is -0.481 e. The van der Waals surface area contributed by atoms with E-state index in [4.69, 9.17) is 0 Å². The van der Waals surface area contributed by atoms with Crippen molar-refractivity contribution in [3.8, 4) is 0 Å². The third kappa shape index (κ3) is 4.56. The molecule has 3 aliphatic carbocycles. The summed E-state index contributed by atoms with van der Waals surface area (Å²) in [6, 6.07) is 0.240. The highest BCUT2D eigenvalue weighted by molar-refractivity contribution is 7.17. The summed E-state index contributed by atoms with van der Waals surface area (Å²) in [6.07, 6.45) is 6.82. The molecule has 2 amide bonds. The largest absolute Gasteiger partial charge is 0.481 e. The van der Waals surface area contributed by atoms with Crippen LogP contribution in [0.3, 0.4) is 0 Å². The first-order chi connectivity index (χ1) is 14.8. The Morgan fingerprint density at radius 2 is 1.71 bits per heavy atom. The molecule has 3 N–H and O–H groups in total. The number of carboxylic acids is 1. The molecule has 31 heavy (non-hydrogen) atoms. The minimum atomic E-state index is -0.935. The van der Waals surface area contributed by atoms with Gasteiger partial charge in [-0.05, 0) is 70.3 Å². The number of aliphatic carboxylic acids is 1. The topological polar surface area (TPSA) is 95.5 Å². The van der Waals surface area contributed by atoms with Crippen LogP contribution < -0.4 is 10.6 Å². The van der Waals surface area contributed by atoms with Crippen molar-refractivity contribution >= 4 is 34.1 Å². The SMILES string of the molecule is CC[C@H]1CCc2c(sc(NC(=O)[C@@H]3CC(C)=C(C)C[C@@H]3C(=O)O)c2C(=O)NC2CC2)C1. The summed E-state index contributed by atoms with van der Waals surface area (Å²) in [7, 11) is 0. The summed E-state index contributed by atoms with van der Waals surface area (Å²) in [6.45, 7) is 6.10. The quantitative estimate of drug-likeness (QED) is 0.561. The van der Waals surface area contributed by atoms with Crippen molar-refractivity contribution in [1.82, 2.24) is 5.32 Å². The number of hydrogen-bond acceptors (Lipinski definition) is 4. The fraction of sp³-hybridized carbons (Fsp3) is 0.625. The van der Waals surface area contributed by atoms with Crippen LogP contribution in [0, 0.1) is 17.8 Å². The van der Waals surface area contributed by atoms with Gasteiger partial charge in [-0.25, -0.2) is 0 Å². The second kappa shape index (κ2) is 8.77. The monoisotopic (exact) mass is 444 g/mol. The lowest BCUT2D eigenvalue weighted by Crippen LogP contribution is -2.37. The first kappa shape index (κ1) is 22.1. The highest BCUT2D eigenvalue weighted by atomic mass is 32.1. The van der Waals surface area contributed by atoms with Gasteiger partial charge in [0.2, 0.25) is 5.91 Å². The van der Waals surface area contributed by atoms with Crippen LogP contribution in [-0.4, -0.2) is 28.9 Å². The van der Waals surface area contributed by atoms with E-state index in [1.807, 2.05) is 13.8 Å². The molecule has 1 aromatic heterocycles. The Labute approximate surface area is 187 Å². The number of carbonyl (C=O) groups is 3. The van der Waals surface area contributed by atoms with Gasteiger partial charge in [-0.3, -0.25) is 14.4 Å². The number of fused-ring (bicyclic) bond motifs is 1. The Hall–Kier alpha value is -2.15. The molecule has 6 nitrogen and oxygen atoms in total. The van der Waals surface area contributed by atoms with E-state index in [0.717, 1.165) is 55.2 Å². The average molecular weight is 445 g/mol. The number of carbonyl (C=O) groups excluding carboxylic acids is 2. The Bertz CT molecular complexity index is 944. The van der Waals surface area contributed by atoms with E-state index in [-0.39, 0.29) is 17.9 Å². The van der Waals surface area contributed by atoms with Crippen LogP contribution in [0.1, 0.15) is 80.1 Å². The molecule has 0 unspecified atom stereocenters. The summed E-state index contributed by atoms with van der Waals surface area (Å²) in [5.41, 5.74) is 3.83. The number of thiophene rings is 1. The second-order valence-corrected chi connectivity index (χ2v) is 10.6. The van der Waals surface area contributed by atoms with E-state index < -0.39 is 17.8 Å². The molecule has 0 bridgehead atoms. The lowest BCUT2D eigenvalue weighted by molar-refractivity contribution is -0.146. The maximum absolute atomic E-state index is 13.3. The standard InChI is InChI=1S/C24H32N2O4S/c1-4-14-5-8-16-19(11-14)31-23(20(16)22(28)25-15-6-7-15)26-21(27)17-9-12(2)13(3)10-18(17)24(29)30/h14-15,17-18H,4-11H2,1-3H3,(H,25,28)(H,26,27)(H,29,30)/t14-,17+,18-/m0/s1. The predicted octanol–water partition coefficient (Wildman–Crippen LogP) is 4.54. The Kier molecular flexibility index (Phi) is 6.24. The second-order valence-electron chi connectivity index (χ2n) is 9.48. The van der Waals surface area contributed by atoms with Crippen LogP contribution in [0.2, 0.25) is 0 Å². The Morgan fingerprint density at radius 1 is 1.03 bits per heavy atom. The molecule has 3 atom stereocenters. The van der Waals surface area contributed by atoms with E-state index in [1.165, 1.54) is 16.2 Å². The van der Waals surface area contributed by atoms with E-state index in [0.29, 0.717) is 29.3 Å². The molecule has 4 rings (SSSR count). The van der Waals surface area contributed by atoms with E-state index in [2.05, 4.69) is 17.6 Å². The van der Waals surface area contributed by atoms with Crippen molar-refractivity contribution in [3.05, 3.63) is 27.2 Å². The molecule has 0 spiro atoms. The van der Waals surface area contributed by atoms with Crippen molar-refractivity contribution in [3.63, 3.8) is 0 Å².